The first kappa shape index (κ1) is 16.5. The molecule has 6 nitrogen and oxygen atoms in total. The predicted molar refractivity (Wildman–Crippen MR) is 84.2 cm³/mol. The maximum Gasteiger partial charge on any atom is 0.332 e. The number of imide groups is 1. The number of amides is 3. The Morgan fingerprint density at radius 1 is 1.22 bits per heavy atom. The summed E-state index contributed by atoms with van der Waals surface area (Å²) in [6.45, 7) is 3.66. The minimum absolute atomic E-state index is 0.0303. The molecule has 1 fully saturated rings. The Balaban J connectivity index is 2.19. The quantitative estimate of drug-likeness (QED) is 0.782. The number of urea groups is 1. The molecule has 0 spiro atoms. The Hall–Kier alpha value is -2.86. The molecular formula is C17H18N4O2. The van der Waals surface area contributed by atoms with Gasteiger partial charge in [-0.15, -0.1) is 0 Å². The van der Waals surface area contributed by atoms with Crippen LogP contribution >= 0.6 is 0 Å². The van der Waals surface area contributed by atoms with Gasteiger partial charge in [-0.3, -0.25) is 14.6 Å². The lowest BCUT2D eigenvalue weighted by molar-refractivity contribution is -0.127. The highest BCUT2D eigenvalue weighted by Gasteiger charge is 2.43. The topological polar surface area (TPSA) is 88.2 Å². The number of nitriles is 2. The molecule has 0 aliphatic carbocycles. The van der Waals surface area contributed by atoms with E-state index in [1.165, 1.54) is 4.90 Å². The molecular weight excluding hydrogens is 292 g/mol. The van der Waals surface area contributed by atoms with Crippen LogP contribution in [0.15, 0.2) is 24.3 Å². The predicted octanol–water partition coefficient (Wildman–Crippen LogP) is 2.60. The van der Waals surface area contributed by atoms with E-state index in [2.05, 4.69) is 6.07 Å². The average molecular weight is 310 g/mol. The lowest BCUT2D eigenvalue weighted by atomic mass is 10.1. The van der Waals surface area contributed by atoms with Crippen molar-refractivity contribution in [3.05, 3.63) is 29.8 Å². The molecule has 6 heteroatoms. The molecule has 2 atom stereocenters. The molecule has 0 unspecified atom stereocenters. The second-order valence-corrected chi connectivity index (χ2v) is 5.64. The van der Waals surface area contributed by atoms with E-state index >= 15 is 0 Å². The maximum atomic E-state index is 12.6. The van der Waals surface area contributed by atoms with Crippen molar-refractivity contribution in [2.45, 2.75) is 32.7 Å². The third-order valence-electron chi connectivity index (χ3n) is 3.95. The van der Waals surface area contributed by atoms with Gasteiger partial charge >= 0.3 is 6.03 Å². The van der Waals surface area contributed by atoms with E-state index in [1.807, 2.05) is 25.1 Å². The molecule has 1 aromatic carbocycles. The number of carbonyl (C=O) groups excluding carboxylic acids is 2. The third kappa shape index (κ3) is 3.32. The van der Waals surface area contributed by atoms with Crippen LogP contribution in [0.1, 0.15) is 25.3 Å². The van der Waals surface area contributed by atoms with Crippen LogP contribution in [0.25, 0.3) is 0 Å². The summed E-state index contributed by atoms with van der Waals surface area (Å²) in [6, 6.07) is 10.4. The van der Waals surface area contributed by atoms with Crippen molar-refractivity contribution >= 4 is 17.6 Å². The van der Waals surface area contributed by atoms with Gasteiger partial charge in [0.05, 0.1) is 18.1 Å². The molecule has 0 aromatic heterocycles. The summed E-state index contributed by atoms with van der Waals surface area (Å²) in [5.74, 6) is -0.833. The van der Waals surface area contributed by atoms with E-state index < -0.39 is 18.0 Å². The summed E-state index contributed by atoms with van der Waals surface area (Å²) in [4.78, 5) is 27.5. The number of rotatable bonds is 5. The Labute approximate surface area is 135 Å². The molecule has 1 saturated heterocycles. The fraction of sp³-hybridized carbons (Fsp3) is 0.412. The molecule has 2 rings (SSSR count). The van der Waals surface area contributed by atoms with Gasteiger partial charge in [0.15, 0.2) is 0 Å². The van der Waals surface area contributed by atoms with E-state index in [-0.39, 0.29) is 18.9 Å². The Morgan fingerprint density at radius 3 is 2.43 bits per heavy atom. The fourth-order valence-electron chi connectivity index (χ4n) is 2.59. The molecule has 0 N–H and O–H groups in total. The maximum absolute atomic E-state index is 12.6. The number of hydrogen-bond acceptors (Lipinski definition) is 4. The molecule has 3 amide bonds. The van der Waals surface area contributed by atoms with Crippen LogP contribution in [-0.2, 0) is 4.79 Å². The highest BCUT2D eigenvalue weighted by molar-refractivity contribution is 6.14. The molecule has 0 saturated carbocycles. The second-order valence-electron chi connectivity index (χ2n) is 5.64. The standard InChI is InChI=1S/C17H18N4O2/c1-12-5-7-15(8-6-12)21-13(2)16(22)20(17(21)23)11-14(10-19)4-3-9-18/h5-8,13-14H,3-4,11H2,1-2H3/t13-,14+/m0/s1. The van der Waals surface area contributed by atoms with Crippen LogP contribution in [0.3, 0.4) is 0 Å². The zero-order valence-electron chi connectivity index (χ0n) is 13.2. The smallest absolute Gasteiger partial charge is 0.282 e. The van der Waals surface area contributed by atoms with Gasteiger partial charge in [-0.2, -0.15) is 10.5 Å². The number of carbonyl (C=O) groups is 2. The van der Waals surface area contributed by atoms with Crippen LogP contribution in [0.2, 0.25) is 0 Å². The summed E-state index contributed by atoms with van der Waals surface area (Å²) in [6.07, 6.45) is 0.578. The van der Waals surface area contributed by atoms with Gasteiger partial charge in [-0.25, -0.2) is 4.79 Å². The van der Waals surface area contributed by atoms with Crippen molar-refractivity contribution in [2.75, 3.05) is 11.4 Å². The van der Waals surface area contributed by atoms with Gasteiger partial charge in [-0.1, -0.05) is 17.7 Å². The summed E-state index contributed by atoms with van der Waals surface area (Å²) in [5.41, 5.74) is 1.73. The van der Waals surface area contributed by atoms with Crippen LogP contribution in [0, 0.1) is 35.5 Å². The number of aryl methyl sites for hydroxylation is 1. The second kappa shape index (κ2) is 6.93. The van der Waals surface area contributed by atoms with Crippen molar-refractivity contribution in [1.82, 2.24) is 4.90 Å². The van der Waals surface area contributed by atoms with Gasteiger partial charge in [0.2, 0.25) is 0 Å². The zero-order valence-corrected chi connectivity index (χ0v) is 13.2. The van der Waals surface area contributed by atoms with Gasteiger partial charge in [0.25, 0.3) is 5.91 Å². The van der Waals surface area contributed by atoms with Gasteiger partial charge in [0.1, 0.15) is 6.04 Å². The van der Waals surface area contributed by atoms with Crippen LogP contribution in [0.5, 0.6) is 0 Å². The molecule has 1 heterocycles. The fourth-order valence-corrected chi connectivity index (χ4v) is 2.59. The highest BCUT2D eigenvalue weighted by atomic mass is 16.2. The first-order chi connectivity index (χ1) is 11.0. The molecule has 1 aliphatic heterocycles. The van der Waals surface area contributed by atoms with E-state index in [9.17, 15) is 9.59 Å². The summed E-state index contributed by atoms with van der Waals surface area (Å²) in [7, 11) is 0. The van der Waals surface area contributed by atoms with Crippen LogP contribution in [-0.4, -0.2) is 29.4 Å². The third-order valence-corrected chi connectivity index (χ3v) is 3.95. The summed E-state index contributed by atoms with van der Waals surface area (Å²) < 4.78 is 0. The van der Waals surface area contributed by atoms with Crippen molar-refractivity contribution in [3.63, 3.8) is 0 Å². The molecule has 1 aliphatic rings. The Morgan fingerprint density at radius 2 is 1.87 bits per heavy atom. The zero-order chi connectivity index (χ0) is 17.0. The molecule has 1 aromatic rings. The first-order valence-corrected chi connectivity index (χ1v) is 7.47. The minimum Gasteiger partial charge on any atom is -0.282 e. The van der Waals surface area contributed by atoms with E-state index in [0.29, 0.717) is 12.1 Å². The molecule has 118 valence electrons. The van der Waals surface area contributed by atoms with Gasteiger partial charge < -0.3 is 0 Å². The highest BCUT2D eigenvalue weighted by Crippen LogP contribution is 2.27. The van der Waals surface area contributed by atoms with Crippen LogP contribution < -0.4 is 4.90 Å². The first-order valence-electron chi connectivity index (χ1n) is 7.47. The van der Waals surface area contributed by atoms with E-state index in [4.69, 9.17) is 10.5 Å². The molecule has 0 bridgehead atoms. The van der Waals surface area contributed by atoms with Crippen LogP contribution in [0.4, 0.5) is 10.5 Å². The number of hydrogen-bond donors (Lipinski definition) is 0. The SMILES string of the molecule is Cc1ccc(N2C(=O)N(C[C@@H](C#N)CCC#N)C(=O)[C@@H]2C)cc1. The van der Waals surface area contributed by atoms with Gasteiger partial charge in [0, 0.05) is 18.7 Å². The summed E-state index contributed by atoms with van der Waals surface area (Å²) in [5, 5.41) is 17.8. The molecule has 0 radical (unpaired) electrons. The Bertz CT molecular complexity index is 684. The largest absolute Gasteiger partial charge is 0.332 e. The Kier molecular flexibility index (Phi) is 4.98. The number of benzene rings is 1. The normalized spacial score (nSPS) is 18.7. The average Bonchev–Trinajstić information content (AvgIpc) is 2.75. The number of anilines is 1. The molecule has 23 heavy (non-hydrogen) atoms. The summed E-state index contributed by atoms with van der Waals surface area (Å²) >= 11 is 0. The van der Waals surface area contributed by atoms with Crippen molar-refractivity contribution in [3.8, 4) is 12.1 Å². The van der Waals surface area contributed by atoms with E-state index in [1.54, 1.807) is 19.1 Å². The number of nitrogens with zero attached hydrogens (tertiary/aromatic N) is 4. The van der Waals surface area contributed by atoms with Gasteiger partial charge in [-0.05, 0) is 32.4 Å². The lowest BCUT2D eigenvalue weighted by Crippen LogP contribution is -2.36. The minimum atomic E-state index is -0.597. The van der Waals surface area contributed by atoms with Crippen molar-refractivity contribution < 1.29 is 9.59 Å². The van der Waals surface area contributed by atoms with Crippen molar-refractivity contribution in [2.24, 2.45) is 5.92 Å². The van der Waals surface area contributed by atoms with Crippen molar-refractivity contribution in [1.29, 1.82) is 10.5 Å². The monoisotopic (exact) mass is 310 g/mol. The lowest BCUT2D eigenvalue weighted by Gasteiger charge is -2.20. The van der Waals surface area contributed by atoms with E-state index in [0.717, 1.165) is 10.5 Å².